The van der Waals surface area contributed by atoms with Crippen molar-refractivity contribution in [3.8, 4) is 11.1 Å². The second kappa shape index (κ2) is 5.39. The molecule has 0 heteroatoms. The van der Waals surface area contributed by atoms with Crippen molar-refractivity contribution < 1.29 is 0 Å². The molecule has 0 saturated carbocycles. The highest BCUT2D eigenvalue weighted by atomic mass is 14.2. The van der Waals surface area contributed by atoms with Gasteiger partial charge < -0.3 is 0 Å². The van der Waals surface area contributed by atoms with Gasteiger partial charge in [-0.15, -0.1) is 0 Å². The number of hydrogen-bond acceptors (Lipinski definition) is 0. The largest absolute Gasteiger partial charge is 0.0683 e. The van der Waals surface area contributed by atoms with Crippen LogP contribution < -0.4 is 0 Å². The molecule has 0 aromatic heterocycles. The molecule has 0 spiro atoms. The summed E-state index contributed by atoms with van der Waals surface area (Å²) in [6.45, 7) is 8.39. The summed E-state index contributed by atoms with van der Waals surface area (Å²) >= 11 is 0. The molecule has 0 unspecified atom stereocenters. The van der Waals surface area contributed by atoms with Gasteiger partial charge in [0.05, 0.1) is 0 Å². The van der Waals surface area contributed by atoms with Crippen LogP contribution in [0.15, 0.2) is 36.4 Å². The summed E-state index contributed by atoms with van der Waals surface area (Å²) in [5, 5.41) is 0. The van der Waals surface area contributed by atoms with E-state index in [1.807, 2.05) is 13.8 Å². The fourth-order valence-electron chi connectivity index (χ4n) is 2.73. The van der Waals surface area contributed by atoms with Gasteiger partial charge in [0.25, 0.3) is 0 Å². The predicted molar refractivity (Wildman–Crippen MR) is 80.1 cm³/mol. The summed E-state index contributed by atoms with van der Waals surface area (Å²) in [7, 11) is 0. The number of aryl methyl sites for hydroxylation is 4. The van der Waals surface area contributed by atoms with Crippen molar-refractivity contribution in [1.29, 1.82) is 0 Å². The lowest BCUT2D eigenvalue weighted by Crippen LogP contribution is -2.05. The molecule has 0 fully saturated rings. The molecule has 1 aliphatic rings. The first-order valence-electron chi connectivity index (χ1n) is 6.94. The molecule has 1 aliphatic carbocycles. The normalized spacial score (nSPS) is 12.0. The van der Waals surface area contributed by atoms with E-state index >= 15 is 0 Å². The Labute approximate surface area is 111 Å². The van der Waals surface area contributed by atoms with Crippen molar-refractivity contribution in [2.45, 2.75) is 40.5 Å². The Morgan fingerprint density at radius 1 is 0.833 bits per heavy atom. The molecule has 0 saturated heterocycles. The third-order valence-corrected chi connectivity index (χ3v) is 3.56. The van der Waals surface area contributed by atoms with E-state index in [0.29, 0.717) is 0 Å². The highest BCUT2D eigenvalue weighted by Crippen LogP contribution is 2.36. The maximum absolute atomic E-state index is 2.33. The maximum atomic E-state index is 2.33. The molecule has 2 aromatic rings. The summed E-state index contributed by atoms with van der Waals surface area (Å²) in [4.78, 5) is 0. The van der Waals surface area contributed by atoms with Gasteiger partial charge in [0.15, 0.2) is 0 Å². The first-order valence-corrected chi connectivity index (χ1v) is 6.94. The molecular weight excluding hydrogens is 216 g/mol. The van der Waals surface area contributed by atoms with Crippen LogP contribution in [0.1, 0.15) is 36.1 Å². The Bertz CT molecular complexity index is 550. The minimum absolute atomic E-state index is 1.19. The molecule has 0 radical (unpaired) electrons. The van der Waals surface area contributed by atoms with E-state index < -0.39 is 0 Å². The topological polar surface area (TPSA) is 0 Å². The summed E-state index contributed by atoms with van der Waals surface area (Å²) in [6, 6.07) is 13.5. The number of fused-ring (bicyclic) bond motifs is 3. The third-order valence-electron chi connectivity index (χ3n) is 3.56. The average Bonchev–Trinajstić information content (AvgIpc) is 2.40. The summed E-state index contributed by atoms with van der Waals surface area (Å²) < 4.78 is 0. The van der Waals surface area contributed by atoms with Gasteiger partial charge >= 0.3 is 0 Å². The first-order chi connectivity index (χ1) is 8.75. The number of rotatable bonds is 0. The SMILES string of the molecule is CC.Cc1ccc2c(c1)-c1c(C)cccc1CC2. The summed E-state index contributed by atoms with van der Waals surface area (Å²) in [5.74, 6) is 0. The minimum atomic E-state index is 1.19. The van der Waals surface area contributed by atoms with Gasteiger partial charge in [0.2, 0.25) is 0 Å². The quantitative estimate of drug-likeness (QED) is 0.599. The van der Waals surface area contributed by atoms with E-state index in [0.717, 1.165) is 0 Å². The van der Waals surface area contributed by atoms with E-state index in [2.05, 4.69) is 50.2 Å². The lowest BCUT2D eigenvalue weighted by molar-refractivity contribution is 0.937. The average molecular weight is 238 g/mol. The van der Waals surface area contributed by atoms with Gasteiger partial charge in [-0.3, -0.25) is 0 Å². The van der Waals surface area contributed by atoms with Gasteiger partial charge in [-0.2, -0.15) is 0 Å². The van der Waals surface area contributed by atoms with Crippen LogP contribution in [-0.4, -0.2) is 0 Å². The monoisotopic (exact) mass is 238 g/mol. The van der Waals surface area contributed by atoms with Gasteiger partial charge in [0.1, 0.15) is 0 Å². The number of hydrogen-bond donors (Lipinski definition) is 0. The zero-order valence-electron chi connectivity index (χ0n) is 11.9. The van der Waals surface area contributed by atoms with Gasteiger partial charge in [-0.05, 0) is 54.5 Å². The van der Waals surface area contributed by atoms with Gasteiger partial charge in [-0.25, -0.2) is 0 Å². The van der Waals surface area contributed by atoms with Crippen molar-refractivity contribution in [3.63, 3.8) is 0 Å². The van der Waals surface area contributed by atoms with Crippen LogP contribution >= 0.6 is 0 Å². The molecule has 2 aromatic carbocycles. The molecule has 18 heavy (non-hydrogen) atoms. The molecular formula is C18H22. The van der Waals surface area contributed by atoms with Crippen LogP contribution in [-0.2, 0) is 12.8 Å². The second-order valence-corrected chi connectivity index (χ2v) is 4.77. The van der Waals surface area contributed by atoms with Crippen LogP contribution in [0.4, 0.5) is 0 Å². The summed E-state index contributed by atoms with van der Waals surface area (Å²) in [6.07, 6.45) is 2.37. The fourth-order valence-corrected chi connectivity index (χ4v) is 2.73. The smallest absolute Gasteiger partial charge is 0.0120 e. The molecule has 0 aliphatic heterocycles. The lowest BCUT2D eigenvalue weighted by atomic mass is 9.83. The van der Waals surface area contributed by atoms with Crippen LogP contribution in [0.5, 0.6) is 0 Å². The van der Waals surface area contributed by atoms with Crippen LogP contribution in [0.25, 0.3) is 11.1 Å². The molecule has 0 amide bonds. The highest BCUT2D eigenvalue weighted by Gasteiger charge is 2.17. The highest BCUT2D eigenvalue weighted by molar-refractivity contribution is 5.76. The van der Waals surface area contributed by atoms with Crippen molar-refractivity contribution in [1.82, 2.24) is 0 Å². The molecule has 0 bridgehead atoms. The molecule has 0 N–H and O–H groups in total. The van der Waals surface area contributed by atoms with Crippen molar-refractivity contribution in [2.24, 2.45) is 0 Å². The van der Waals surface area contributed by atoms with Gasteiger partial charge in [0, 0.05) is 0 Å². The summed E-state index contributed by atoms with van der Waals surface area (Å²) in [5.41, 5.74) is 8.72. The molecule has 3 rings (SSSR count). The second-order valence-electron chi connectivity index (χ2n) is 4.77. The fraction of sp³-hybridized carbons (Fsp3) is 0.333. The van der Waals surface area contributed by atoms with E-state index in [4.69, 9.17) is 0 Å². The Morgan fingerprint density at radius 2 is 1.56 bits per heavy atom. The molecule has 0 heterocycles. The Balaban J connectivity index is 0.000000574. The zero-order valence-corrected chi connectivity index (χ0v) is 11.9. The number of benzene rings is 2. The van der Waals surface area contributed by atoms with E-state index in [-0.39, 0.29) is 0 Å². The Hall–Kier alpha value is -1.56. The third kappa shape index (κ3) is 2.20. The standard InChI is InChI=1S/C16H16.C2H6/c1-11-6-7-13-8-9-14-5-3-4-12(2)16(14)15(13)10-11;1-2/h3-7,10H,8-9H2,1-2H3;1-2H3. The predicted octanol–water partition coefficient (Wildman–Crippen LogP) is 5.10. The van der Waals surface area contributed by atoms with Crippen LogP contribution in [0.3, 0.4) is 0 Å². The van der Waals surface area contributed by atoms with E-state index in [1.54, 1.807) is 0 Å². The van der Waals surface area contributed by atoms with Crippen molar-refractivity contribution >= 4 is 0 Å². The maximum Gasteiger partial charge on any atom is -0.0120 e. The van der Waals surface area contributed by atoms with E-state index in [1.165, 1.54) is 46.2 Å². The van der Waals surface area contributed by atoms with Crippen LogP contribution in [0.2, 0.25) is 0 Å². The molecule has 0 atom stereocenters. The Kier molecular flexibility index (Phi) is 3.86. The van der Waals surface area contributed by atoms with Crippen molar-refractivity contribution in [2.75, 3.05) is 0 Å². The minimum Gasteiger partial charge on any atom is -0.0683 e. The zero-order chi connectivity index (χ0) is 13.1. The molecule has 94 valence electrons. The van der Waals surface area contributed by atoms with Gasteiger partial charge in [-0.1, -0.05) is 55.8 Å². The molecule has 0 nitrogen and oxygen atoms in total. The van der Waals surface area contributed by atoms with E-state index in [9.17, 15) is 0 Å². The van der Waals surface area contributed by atoms with Crippen molar-refractivity contribution in [3.05, 3.63) is 58.7 Å². The van der Waals surface area contributed by atoms with Crippen LogP contribution in [0, 0.1) is 13.8 Å². The first kappa shape index (κ1) is 12.9. The Morgan fingerprint density at radius 3 is 2.33 bits per heavy atom. The lowest BCUT2D eigenvalue weighted by Gasteiger charge is -2.22.